The van der Waals surface area contributed by atoms with E-state index in [2.05, 4.69) is 0 Å². The van der Waals surface area contributed by atoms with E-state index in [4.69, 9.17) is 18.9 Å². The fourth-order valence-electron chi connectivity index (χ4n) is 2.38. The fourth-order valence-corrected chi connectivity index (χ4v) is 2.38. The van der Waals surface area contributed by atoms with Crippen LogP contribution in [-0.4, -0.2) is 26.3 Å². The first kappa shape index (κ1) is 19.1. The van der Waals surface area contributed by atoms with Gasteiger partial charge in [0, 0.05) is 6.61 Å². The summed E-state index contributed by atoms with van der Waals surface area (Å²) in [6, 6.07) is 13.3. The van der Waals surface area contributed by atoms with E-state index in [9.17, 15) is 9.90 Å². The molecule has 2 aromatic carbocycles. The molecule has 2 aromatic rings. The monoisotopic (exact) mass is 379 g/mol. The Kier molecular flexibility index (Phi) is 6.36. The second-order valence-electron chi connectivity index (χ2n) is 5.75. The Bertz CT molecular complexity index is 878. The lowest BCUT2D eigenvalue weighted by Gasteiger charge is -2.17. The molecule has 6 heteroatoms. The van der Waals surface area contributed by atoms with Crippen molar-refractivity contribution in [3.8, 4) is 17.2 Å². The number of hydrogen-bond acceptors (Lipinski definition) is 6. The van der Waals surface area contributed by atoms with Gasteiger partial charge >= 0.3 is 5.97 Å². The molecule has 1 aliphatic rings. The van der Waals surface area contributed by atoms with Gasteiger partial charge in [-0.1, -0.05) is 24.3 Å². The van der Waals surface area contributed by atoms with Crippen molar-refractivity contribution < 1.29 is 28.8 Å². The molecule has 0 saturated heterocycles. The van der Waals surface area contributed by atoms with Gasteiger partial charge in [-0.2, -0.15) is 0 Å². The molecule has 6 nitrogen and oxygen atoms in total. The van der Waals surface area contributed by atoms with Crippen LogP contribution in [0.2, 0.25) is 0 Å². The molecule has 0 aliphatic heterocycles. The molecule has 144 valence electrons. The van der Waals surface area contributed by atoms with Crippen LogP contribution >= 0.6 is 0 Å². The Labute approximate surface area is 162 Å². The van der Waals surface area contributed by atoms with Gasteiger partial charge in [0.05, 0.1) is 25.2 Å². The van der Waals surface area contributed by atoms with Crippen LogP contribution in [-0.2, 0) is 4.74 Å². The molecule has 0 heterocycles. The van der Waals surface area contributed by atoms with Gasteiger partial charge in [-0.3, -0.25) is 0 Å². The lowest BCUT2D eigenvalue weighted by Crippen LogP contribution is -2.15. The minimum Gasteiger partial charge on any atom is -0.609 e. The molecule has 1 aliphatic carbocycles. The number of carbonyl (C=O) groups excluding carboxylic acids is 1. The summed E-state index contributed by atoms with van der Waals surface area (Å²) in [5, 5.41) is 11.7. The van der Waals surface area contributed by atoms with E-state index in [0.717, 1.165) is 0 Å². The molecule has 3 rings (SSSR count). The van der Waals surface area contributed by atoms with Crippen LogP contribution in [0, 0.1) is 0 Å². The third-order valence-electron chi connectivity index (χ3n) is 3.84. The number of methoxy groups -OCH3 is 1. The summed E-state index contributed by atoms with van der Waals surface area (Å²) < 4.78 is 21.0. The van der Waals surface area contributed by atoms with Crippen molar-refractivity contribution in [2.45, 2.75) is 0 Å². The summed E-state index contributed by atoms with van der Waals surface area (Å²) in [5.41, 5.74) is 0.908. The molecule has 0 saturated carbocycles. The molecular weight excluding hydrogens is 360 g/mol. The predicted molar refractivity (Wildman–Crippen MR) is 101 cm³/mol. The Hall–Kier alpha value is -3.67. The molecule has 0 spiro atoms. The highest BCUT2D eigenvalue weighted by Gasteiger charge is 2.09. The minimum atomic E-state index is -0.472. The van der Waals surface area contributed by atoms with Gasteiger partial charge in [0.25, 0.3) is 0 Å². The van der Waals surface area contributed by atoms with Crippen LogP contribution < -0.4 is 19.3 Å². The van der Waals surface area contributed by atoms with Gasteiger partial charge in [0.15, 0.2) is 0 Å². The van der Waals surface area contributed by atoms with Crippen molar-refractivity contribution in [2.75, 3.05) is 20.3 Å². The zero-order valence-electron chi connectivity index (χ0n) is 15.3. The maximum atomic E-state index is 12.2. The smallest absolute Gasteiger partial charge is 0.343 e. The molecule has 0 aromatic heterocycles. The first-order valence-corrected chi connectivity index (χ1v) is 8.63. The third-order valence-corrected chi connectivity index (χ3v) is 3.84. The van der Waals surface area contributed by atoms with Gasteiger partial charge in [-0.25, -0.2) is 4.79 Å². The normalized spacial score (nSPS) is 12.0. The van der Waals surface area contributed by atoms with Crippen LogP contribution in [0.25, 0.3) is 0 Å². The topological polar surface area (TPSA) is 77.1 Å². The lowest BCUT2D eigenvalue weighted by molar-refractivity contribution is -0.358. The van der Waals surface area contributed by atoms with E-state index in [-0.39, 0.29) is 19.2 Å². The zero-order chi connectivity index (χ0) is 19.8. The van der Waals surface area contributed by atoms with E-state index >= 15 is 0 Å². The SMILES string of the molecule is COc1ccc(OC(=O)c2ccc(OCCOC([O-])=C3C=CC=C3)cc2)cc1. The molecule has 0 fully saturated rings. The summed E-state index contributed by atoms with van der Waals surface area (Å²) in [7, 11) is 1.57. The van der Waals surface area contributed by atoms with Gasteiger partial charge in [0.1, 0.15) is 17.2 Å². The van der Waals surface area contributed by atoms with E-state index in [1.165, 1.54) is 0 Å². The number of carbonyl (C=O) groups is 1. The molecule has 0 amide bonds. The molecule has 28 heavy (non-hydrogen) atoms. The maximum Gasteiger partial charge on any atom is 0.343 e. The molecule has 0 N–H and O–H groups in total. The first-order chi connectivity index (χ1) is 13.7. The standard InChI is InChI=1S/C22H20O6/c1-25-18-10-12-20(13-11-18)28-22(24)17-6-8-19(9-7-17)26-14-15-27-21(23)16-4-2-3-5-16/h2-13,23H,14-15H2,1H3/p-1. The van der Waals surface area contributed by atoms with Crippen LogP contribution in [0.1, 0.15) is 10.4 Å². The quantitative estimate of drug-likeness (QED) is 0.304. The molecule has 0 radical (unpaired) electrons. The summed E-state index contributed by atoms with van der Waals surface area (Å²) >= 11 is 0. The van der Waals surface area contributed by atoms with Crippen LogP contribution in [0.4, 0.5) is 0 Å². The second-order valence-corrected chi connectivity index (χ2v) is 5.75. The average molecular weight is 379 g/mol. The summed E-state index contributed by atoms with van der Waals surface area (Å²) in [4.78, 5) is 12.2. The van der Waals surface area contributed by atoms with Crippen LogP contribution in [0.3, 0.4) is 0 Å². The van der Waals surface area contributed by atoms with Crippen molar-refractivity contribution in [1.82, 2.24) is 0 Å². The van der Waals surface area contributed by atoms with Crippen molar-refractivity contribution in [3.63, 3.8) is 0 Å². The lowest BCUT2D eigenvalue weighted by atomic mass is 10.2. The molecule has 0 atom stereocenters. The van der Waals surface area contributed by atoms with Gasteiger partial charge < -0.3 is 24.1 Å². The molecule has 0 unspecified atom stereocenters. The summed E-state index contributed by atoms with van der Waals surface area (Å²) in [5.74, 6) is 0.815. The van der Waals surface area contributed by atoms with Crippen LogP contribution in [0.15, 0.2) is 84.4 Å². The molecule has 0 bridgehead atoms. The molecular formula is C22H19O6-. The second kappa shape index (κ2) is 9.32. The number of ether oxygens (including phenoxy) is 4. The highest BCUT2D eigenvalue weighted by molar-refractivity contribution is 5.91. The Morgan fingerprint density at radius 2 is 1.46 bits per heavy atom. The Balaban J connectivity index is 1.46. The van der Waals surface area contributed by atoms with Crippen molar-refractivity contribution >= 4 is 5.97 Å². The zero-order valence-corrected chi connectivity index (χ0v) is 15.3. The van der Waals surface area contributed by atoms with Crippen LogP contribution in [0.5, 0.6) is 17.2 Å². The van der Waals surface area contributed by atoms with Gasteiger partial charge in [-0.15, -0.1) is 0 Å². The number of esters is 1. The van der Waals surface area contributed by atoms with Gasteiger partial charge in [0.2, 0.25) is 0 Å². The van der Waals surface area contributed by atoms with E-state index in [1.54, 1.807) is 79.9 Å². The highest BCUT2D eigenvalue weighted by atomic mass is 16.6. The van der Waals surface area contributed by atoms with Crippen molar-refractivity contribution in [3.05, 3.63) is 89.9 Å². The number of hydrogen-bond donors (Lipinski definition) is 0. The Morgan fingerprint density at radius 1 is 0.857 bits per heavy atom. The largest absolute Gasteiger partial charge is 0.609 e. The first-order valence-electron chi connectivity index (χ1n) is 8.63. The highest BCUT2D eigenvalue weighted by Crippen LogP contribution is 2.19. The number of rotatable bonds is 8. The van der Waals surface area contributed by atoms with Gasteiger partial charge in [-0.05, 0) is 54.1 Å². The van der Waals surface area contributed by atoms with E-state index in [1.807, 2.05) is 0 Å². The predicted octanol–water partition coefficient (Wildman–Crippen LogP) is 3.01. The minimum absolute atomic E-state index is 0.130. The number of allylic oxidation sites excluding steroid dienone is 5. The Morgan fingerprint density at radius 3 is 2.11 bits per heavy atom. The van der Waals surface area contributed by atoms with E-state index in [0.29, 0.717) is 28.4 Å². The van der Waals surface area contributed by atoms with E-state index < -0.39 is 5.97 Å². The average Bonchev–Trinajstić information content (AvgIpc) is 3.27. The maximum absolute atomic E-state index is 12.2. The summed E-state index contributed by atoms with van der Waals surface area (Å²) in [6.07, 6.45) is 6.92. The third kappa shape index (κ3) is 5.17. The summed E-state index contributed by atoms with van der Waals surface area (Å²) in [6.45, 7) is 0.341. The number of benzene rings is 2. The van der Waals surface area contributed by atoms with Crippen molar-refractivity contribution in [2.24, 2.45) is 0 Å². The van der Waals surface area contributed by atoms with Crippen molar-refractivity contribution in [1.29, 1.82) is 0 Å². The fraction of sp³-hybridized carbons (Fsp3) is 0.136.